The number of pyridine rings is 1. The van der Waals surface area contributed by atoms with Gasteiger partial charge in [-0.25, -0.2) is 4.98 Å². The molecule has 0 atom stereocenters. The third kappa shape index (κ3) is 3.98. The SMILES string of the molecule is C#CCN(CC1CC1)c1cc(CNC)cc(C(C)C)n1. The minimum Gasteiger partial charge on any atom is -0.345 e. The second kappa shape index (κ2) is 6.76. The highest BCUT2D eigenvalue weighted by Gasteiger charge is 2.25. The zero-order chi connectivity index (χ0) is 14.5. The van der Waals surface area contributed by atoms with Gasteiger partial charge in [0.05, 0.1) is 6.54 Å². The quantitative estimate of drug-likeness (QED) is 0.773. The van der Waals surface area contributed by atoms with E-state index >= 15 is 0 Å². The zero-order valence-electron chi connectivity index (χ0n) is 12.8. The van der Waals surface area contributed by atoms with Gasteiger partial charge in [-0.05, 0) is 49.4 Å². The number of hydrogen-bond acceptors (Lipinski definition) is 3. The predicted molar refractivity (Wildman–Crippen MR) is 84.9 cm³/mol. The molecule has 1 aromatic rings. The summed E-state index contributed by atoms with van der Waals surface area (Å²) in [5.41, 5.74) is 2.42. The Balaban J connectivity index is 2.28. The molecule has 0 saturated heterocycles. The lowest BCUT2D eigenvalue weighted by molar-refractivity contribution is 0.736. The molecule has 1 fully saturated rings. The van der Waals surface area contributed by atoms with E-state index in [1.165, 1.54) is 18.4 Å². The molecule has 0 unspecified atom stereocenters. The lowest BCUT2D eigenvalue weighted by atomic mass is 10.1. The first-order valence-electron chi connectivity index (χ1n) is 7.48. The fourth-order valence-corrected chi connectivity index (χ4v) is 2.32. The Morgan fingerprint density at radius 3 is 2.75 bits per heavy atom. The standard InChI is InChI=1S/C17H25N3/c1-5-8-20(12-14-6-7-14)17-10-15(11-18-4)9-16(19-17)13(2)3/h1,9-10,13-14,18H,6-8,11-12H2,2-4H3. The van der Waals surface area contributed by atoms with Crippen molar-refractivity contribution in [1.82, 2.24) is 10.3 Å². The van der Waals surface area contributed by atoms with Crippen molar-refractivity contribution in [2.75, 3.05) is 25.0 Å². The smallest absolute Gasteiger partial charge is 0.129 e. The molecule has 0 aromatic carbocycles. The number of nitrogens with one attached hydrogen (secondary N) is 1. The van der Waals surface area contributed by atoms with Gasteiger partial charge in [-0.1, -0.05) is 19.8 Å². The van der Waals surface area contributed by atoms with E-state index in [1.54, 1.807) is 0 Å². The molecular weight excluding hydrogens is 246 g/mol. The maximum Gasteiger partial charge on any atom is 0.129 e. The molecule has 0 radical (unpaired) electrons. The third-order valence-corrected chi connectivity index (χ3v) is 3.65. The molecule has 2 rings (SSSR count). The average Bonchev–Trinajstić information content (AvgIpc) is 3.22. The van der Waals surface area contributed by atoms with Crippen LogP contribution in [0.15, 0.2) is 12.1 Å². The third-order valence-electron chi connectivity index (χ3n) is 3.65. The summed E-state index contributed by atoms with van der Waals surface area (Å²) in [6, 6.07) is 4.36. The van der Waals surface area contributed by atoms with Crippen LogP contribution in [0.25, 0.3) is 0 Å². The molecule has 0 aliphatic heterocycles. The van der Waals surface area contributed by atoms with Crippen molar-refractivity contribution in [1.29, 1.82) is 0 Å². The predicted octanol–water partition coefficient (Wildman–Crippen LogP) is 2.77. The lowest BCUT2D eigenvalue weighted by Crippen LogP contribution is -2.27. The van der Waals surface area contributed by atoms with Crippen molar-refractivity contribution >= 4 is 5.82 Å². The van der Waals surface area contributed by atoms with Crippen LogP contribution in [0, 0.1) is 18.3 Å². The van der Waals surface area contributed by atoms with Crippen LogP contribution < -0.4 is 10.2 Å². The Bertz CT molecular complexity index is 483. The van der Waals surface area contributed by atoms with Gasteiger partial charge in [-0.15, -0.1) is 6.42 Å². The van der Waals surface area contributed by atoms with E-state index in [9.17, 15) is 0 Å². The largest absolute Gasteiger partial charge is 0.345 e. The number of nitrogens with zero attached hydrogens (tertiary/aromatic N) is 2. The van der Waals surface area contributed by atoms with Crippen molar-refractivity contribution in [3.8, 4) is 12.3 Å². The molecule has 20 heavy (non-hydrogen) atoms. The Morgan fingerprint density at radius 1 is 1.45 bits per heavy atom. The lowest BCUT2D eigenvalue weighted by Gasteiger charge is -2.23. The number of terminal acetylenes is 1. The van der Waals surface area contributed by atoms with Crippen LogP contribution in [0.2, 0.25) is 0 Å². The highest BCUT2D eigenvalue weighted by Crippen LogP contribution is 2.31. The molecule has 3 heteroatoms. The van der Waals surface area contributed by atoms with Crippen molar-refractivity contribution in [2.45, 2.75) is 39.2 Å². The summed E-state index contributed by atoms with van der Waals surface area (Å²) >= 11 is 0. The Hall–Kier alpha value is -1.53. The first-order valence-corrected chi connectivity index (χ1v) is 7.48. The first kappa shape index (κ1) is 14.9. The van der Waals surface area contributed by atoms with E-state index in [4.69, 9.17) is 11.4 Å². The Morgan fingerprint density at radius 2 is 2.20 bits per heavy atom. The zero-order valence-corrected chi connectivity index (χ0v) is 12.8. The molecule has 0 spiro atoms. The summed E-state index contributed by atoms with van der Waals surface area (Å²) in [6.45, 7) is 6.91. The molecule has 3 nitrogen and oxygen atoms in total. The summed E-state index contributed by atoms with van der Waals surface area (Å²) in [6.07, 6.45) is 8.18. The minimum absolute atomic E-state index is 0.430. The van der Waals surface area contributed by atoms with Gasteiger partial charge in [-0.3, -0.25) is 0 Å². The van der Waals surface area contributed by atoms with Gasteiger partial charge in [0.1, 0.15) is 5.82 Å². The maximum absolute atomic E-state index is 5.53. The van der Waals surface area contributed by atoms with E-state index < -0.39 is 0 Å². The van der Waals surface area contributed by atoms with Gasteiger partial charge < -0.3 is 10.2 Å². The summed E-state index contributed by atoms with van der Waals surface area (Å²) in [5, 5.41) is 3.21. The number of anilines is 1. The minimum atomic E-state index is 0.430. The van der Waals surface area contributed by atoms with Gasteiger partial charge in [0.15, 0.2) is 0 Å². The Labute approximate surface area is 122 Å². The van der Waals surface area contributed by atoms with Crippen molar-refractivity contribution in [3.63, 3.8) is 0 Å². The normalized spacial score (nSPS) is 14.3. The van der Waals surface area contributed by atoms with Crippen LogP contribution in [0.4, 0.5) is 5.82 Å². The number of hydrogen-bond donors (Lipinski definition) is 1. The molecular formula is C17H25N3. The fourth-order valence-electron chi connectivity index (χ4n) is 2.32. The summed E-state index contributed by atoms with van der Waals surface area (Å²) in [7, 11) is 1.97. The van der Waals surface area contributed by atoms with Crippen LogP contribution in [0.1, 0.15) is 43.9 Å². The van der Waals surface area contributed by atoms with E-state index in [1.807, 2.05) is 7.05 Å². The second-order valence-electron chi connectivity index (χ2n) is 5.97. The van der Waals surface area contributed by atoms with Crippen molar-refractivity contribution < 1.29 is 0 Å². The molecule has 0 amide bonds. The van der Waals surface area contributed by atoms with Crippen LogP contribution in [0.3, 0.4) is 0 Å². The van der Waals surface area contributed by atoms with E-state index in [0.29, 0.717) is 12.5 Å². The summed E-state index contributed by atoms with van der Waals surface area (Å²) < 4.78 is 0. The number of aromatic nitrogens is 1. The average molecular weight is 271 g/mol. The van der Waals surface area contributed by atoms with Gasteiger partial charge in [0.2, 0.25) is 0 Å². The number of rotatable bonds is 7. The van der Waals surface area contributed by atoms with Gasteiger partial charge in [0.25, 0.3) is 0 Å². The van der Waals surface area contributed by atoms with Crippen LogP contribution in [0.5, 0.6) is 0 Å². The van der Waals surface area contributed by atoms with Gasteiger partial charge in [-0.2, -0.15) is 0 Å². The van der Waals surface area contributed by atoms with E-state index in [2.05, 4.69) is 42.1 Å². The first-order chi connectivity index (χ1) is 9.63. The fraction of sp³-hybridized carbons (Fsp3) is 0.588. The van der Waals surface area contributed by atoms with Crippen LogP contribution in [-0.4, -0.2) is 25.1 Å². The Kier molecular flexibility index (Phi) is 5.03. The van der Waals surface area contributed by atoms with Crippen molar-refractivity contribution in [2.24, 2.45) is 5.92 Å². The molecule has 1 aliphatic rings. The molecule has 0 bridgehead atoms. The summed E-state index contributed by atoms with van der Waals surface area (Å²) in [4.78, 5) is 7.07. The molecule has 1 aliphatic carbocycles. The topological polar surface area (TPSA) is 28.2 Å². The van der Waals surface area contributed by atoms with Gasteiger partial charge in [0, 0.05) is 18.8 Å². The molecule has 1 saturated carbocycles. The highest BCUT2D eigenvalue weighted by atomic mass is 15.2. The van der Waals surface area contributed by atoms with Crippen LogP contribution >= 0.6 is 0 Å². The van der Waals surface area contributed by atoms with Gasteiger partial charge >= 0.3 is 0 Å². The molecule has 108 valence electrons. The molecule has 1 N–H and O–H groups in total. The van der Waals surface area contributed by atoms with Crippen molar-refractivity contribution in [3.05, 3.63) is 23.4 Å². The molecule has 1 heterocycles. The monoisotopic (exact) mass is 271 g/mol. The van der Waals surface area contributed by atoms with E-state index in [0.717, 1.165) is 30.5 Å². The van der Waals surface area contributed by atoms with E-state index in [-0.39, 0.29) is 0 Å². The van der Waals surface area contributed by atoms with Crippen LogP contribution in [-0.2, 0) is 6.54 Å². The second-order valence-corrected chi connectivity index (χ2v) is 5.97. The highest BCUT2D eigenvalue weighted by molar-refractivity contribution is 5.45. The summed E-state index contributed by atoms with van der Waals surface area (Å²) in [5.74, 6) is 5.04. The maximum atomic E-state index is 5.53. The molecule has 1 aromatic heterocycles.